The van der Waals surface area contributed by atoms with Crippen molar-refractivity contribution in [1.82, 2.24) is 16.1 Å². The summed E-state index contributed by atoms with van der Waals surface area (Å²) in [5.41, 5.74) is 3.69. The highest BCUT2D eigenvalue weighted by atomic mass is 16.6. The molecule has 0 bridgehead atoms. The number of likely N-dealkylation sites (N-methyl/N-ethyl adjacent to an activating group) is 1. The third kappa shape index (κ3) is 16.9. The van der Waals surface area contributed by atoms with Crippen LogP contribution in [0.15, 0.2) is 40.6 Å². The van der Waals surface area contributed by atoms with E-state index in [1.165, 1.54) is 6.92 Å². The third-order valence-electron chi connectivity index (χ3n) is 3.75. The van der Waals surface area contributed by atoms with Gasteiger partial charge in [-0.25, -0.2) is 10.2 Å². The van der Waals surface area contributed by atoms with Gasteiger partial charge >= 0.3 is 6.09 Å². The maximum absolute atomic E-state index is 12.3. The molecule has 1 rings (SSSR count). The molecule has 0 saturated carbocycles. The van der Waals surface area contributed by atoms with Gasteiger partial charge in [0.15, 0.2) is 0 Å². The molecule has 0 aliphatic heterocycles. The summed E-state index contributed by atoms with van der Waals surface area (Å²) in [6.45, 7) is 10.1. The van der Waals surface area contributed by atoms with E-state index < -0.39 is 23.7 Å². The van der Waals surface area contributed by atoms with Crippen LogP contribution in [0.25, 0.3) is 0 Å². The molecule has 0 radical (unpaired) electrons. The van der Waals surface area contributed by atoms with Crippen LogP contribution in [0.5, 0.6) is 0 Å². The summed E-state index contributed by atoms with van der Waals surface area (Å²) in [5, 5.41) is 16.7. The molecular weight excluding hydrogens is 428 g/mol. The smallest absolute Gasteiger partial charge is 0.408 e. The molecule has 1 atom stereocenters. The largest absolute Gasteiger partial charge is 0.481 e. The minimum atomic E-state index is -0.833. The van der Waals surface area contributed by atoms with E-state index in [-0.39, 0.29) is 11.8 Å². The molecule has 0 saturated heterocycles. The first-order valence-corrected chi connectivity index (χ1v) is 10.7. The zero-order valence-corrected chi connectivity index (χ0v) is 20.2. The van der Waals surface area contributed by atoms with Crippen molar-refractivity contribution in [2.24, 2.45) is 5.10 Å². The number of carboxylic acids is 1. The predicted molar refractivity (Wildman–Crippen MR) is 127 cm³/mol. The van der Waals surface area contributed by atoms with Crippen LogP contribution in [-0.2, 0) is 19.1 Å². The predicted octanol–water partition coefficient (Wildman–Crippen LogP) is 2.82. The van der Waals surface area contributed by atoms with E-state index in [1.54, 1.807) is 27.0 Å². The van der Waals surface area contributed by atoms with Crippen LogP contribution in [0.1, 0.15) is 60.8 Å². The van der Waals surface area contributed by atoms with Crippen molar-refractivity contribution in [3.8, 4) is 0 Å². The highest BCUT2D eigenvalue weighted by Gasteiger charge is 2.24. The molecule has 4 N–H and O–H groups in total. The quantitative estimate of drug-likeness (QED) is 0.321. The molecule has 0 fully saturated rings. The number of alkyl carbamates (subject to hydrolysis) is 1. The molecule has 33 heavy (non-hydrogen) atoms. The maximum atomic E-state index is 12.3. The molecule has 1 aliphatic carbocycles. The minimum absolute atomic E-state index is 0.232. The monoisotopic (exact) mass is 464 g/mol. The molecular formula is C23H36N4O6. The van der Waals surface area contributed by atoms with Gasteiger partial charge in [0.25, 0.3) is 5.97 Å². The first-order chi connectivity index (χ1) is 15.3. The first-order valence-electron chi connectivity index (χ1n) is 10.7. The summed E-state index contributed by atoms with van der Waals surface area (Å²) >= 11 is 0. The second-order valence-electron chi connectivity index (χ2n) is 8.18. The Labute approximate surface area is 195 Å². The third-order valence-corrected chi connectivity index (χ3v) is 3.75. The maximum Gasteiger partial charge on any atom is 0.408 e. The normalized spacial score (nSPS) is 14.0. The van der Waals surface area contributed by atoms with E-state index in [9.17, 15) is 14.4 Å². The number of aliphatic carboxylic acids is 1. The van der Waals surface area contributed by atoms with Crippen LogP contribution in [0.4, 0.5) is 4.79 Å². The fourth-order valence-corrected chi connectivity index (χ4v) is 2.50. The fraction of sp³-hybridized carbons (Fsp3) is 0.522. The highest BCUT2D eigenvalue weighted by Crippen LogP contribution is 2.17. The molecule has 0 aromatic heterocycles. The Morgan fingerprint density at radius 3 is 2.39 bits per heavy atom. The van der Waals surface area contributed by atoms with Crippen molar-refractivity contribution in [3.05, 3.63) is 35.5 Å². The van der Waals surface area contributed by atoms with Gasteiger partial charge in [-0.1, -0.05) is 29.9 Å². The number of carbonyl (C=O) groups is 4. The summed E-state index contributed by atoms with van der Waals surface area (Å²) in [7, 11) is 0. The number of ether oxygens (including phenoxy) is 1. The highest BCUT2D eigenvalue weighted by molar-refractivity contribution is 5.86. The van der Waals surface area contributed by atoms with Gasteiger partial charge in [0.2, 0.25) is 11.8 Å². The Morgan fingerprint density at radius 1 is 1.21 bits per heavy atom. The van der Waals surface area contributed by atoms with Gasteiger partial charge in [0.05, 0.1) is 6.21 Å². The van der Waals surface area contributed by atoms with Crippen LogP contribution >= 0.6 is 0 Å². The Balaban J connectivity index is 0.00000235. The van der Waals surface area contributed by atoms with Crippen molar-refractivity contribution in [3.63, 3.8) is 0 Å². The molecule has 10 heteroatoms. The van der Waals surface area contributed by atoms with E-state index in [0.717, 1.165) is 24.5 Å². The molecule has 3 amide bonds. The zero-order valence-electron chi connectivity index (χ0n) is 20.2. The van der Waals surface area contributed by atoms with Gasteiger partial charge in [-0.3, -0.25) is 14.4 Å². The number of hydrazone groups is 1. The lowest BCUT2D eigenvalue weighted by Crippen LogP contribution is -2.48. The van der Waals surface area contributed by atoms with Gasteiger partial charge in [-0.05, 0) is 52.5 Å². The molecule has 1 aliphatic rings. The Bertz CT molecular complexity index is 802. The van der Waals surface area contributed by atoms with Crippen molar-refractivity contribution in [2.75, 3.05) is 6.54 Å². The lowest BCUT2D eigenvalue weighted by molar-refractivity contribution is -0.134. The first kappa shape index (κ1) is 29.6. The summed E-state index contributed by atoms with van der Waals surface area (Å²) in [6.07, 6.45) is 10.5. The number of allylic oxidation sites excluding steroid dienone is 6. The van der Waals surface area contributed by atoms with Crippen molar-refractivity contribution in [1.29, 1.82) is 0 Å². The number of carbonyl (C=O) groups excluding carboxylic acids is 3. The zero-order chi connectivity index (χ0) is 25.4. The molecule has 184 valence electrons. The van der Waals surface area contributed by atoms with Crippen molar-refractivity contribution < 1.29 is 29.0 Å². The van der Waals surface area contributed by atoms with E-state index >= 15 is 0 Å². The van der Waals surface area contributed by atoms with Gasteiger partial charge in [0, 0.05) is 20.4 Å². The number of rotatable bonds is 8. The average molecular weight is 465 g/mol. The number of carboxylic acid groups (broad SMARTS) is 1. The minimum Gasteiger partial charge on any atom is -0.481 e. The standard InChI is InChI=1S/C21H32N4O4.C2H4O2/c1-6-22-19(27)18(24-20(28)29-21(3,4)5)13-12-16-8-7-9-17(11-10-16)14-23-25-15(2)26;1-2(3)4/h7,9-11,14,18H,6,8,12-13H2,1-5H3,(H,22,27)(H,24,28)(H,25,26);1H3,(H,3,4)/b23-14+;. The summed E-state index contributed by atoms with van der Waals surface area (Å²) in [5.74, 6) is -1.30. The van der Waals surface area contributed by atoms with Gasteiger partial charge in [-0.15, -0.1) is 0 Å². The average Bonchev–Trinajstić information content (AvgIpc) is 2.88. The molecule has 0 heterocycles. The van der Waals surface area contributed by atoms with E-state index in [1.807, 2.05) is 31.2 Å². The SMILES string of the molecule is CC(=O)O.CCNC(=O)C(CCC1=CC=C(/C=N/NC(C)=O)C=CC1)NC(=O)OC(C)(C)C. The molecule has 10 nitrogen and oxygen atoms in total. The van der Waals surface area contributed by atoms with Crippen molar-refractivity contribution in [2.45, 2.75) is 72.4 Å². The molecule has 1 unspecified atom stereocenters. The second kappa shape index (κ2) is 15.4. The fourth-order valence-electron chi connectivity index (χ4n) is 2.50. The van der Waals surface area contributed by atoms with Crippen LogP contribution in [0.2, 0.25) is 0 Å². The Kier molecular flexibility index (Phi) is 13.8. The van der Waals surface area contributed by atoms with Crippen LogP contribution in [0.3, 0.4) is 0 Å². The molecule has 0 aromatic carbocycles. The number of nitrogens with zero attached hydrogens (tertiary/aromatic N) is 1. The summed E-state index contributed by atoms with van der Waals surface area (Å²) in [4.78, 5) is 44.3. The van der Waals surface area contributed by atoms with E-state index in [2.05, 4.69) is 21.2 Å². The Morgan fingerprint density at radius 2 is 1.85 bits per heavy atom. The second-order valence-corrected chi connectivity index (χ2v) is 8.18. The van der Waals surface area contributed by atoms with Crippen molar-refractivity contribution >= 4 is 30.1 Å². The van der Waals surface area contributed by atoms with Gasteiger partial charge in [0.1, 0.15) is 11.6 Å². The van der Waals surface area contributed by atoms with Crippen LogP contribution in [0, 0.1) is 0 Å². The number of amides is 3. The summed E-state index contributed by atoms with van der Waals surface area (Å²) < 4.78 is 5.27. The van der Waals surface area contributed by atoms with Crippen LogP contribution < -0.4 is 16.1 Å². The lowest BCUT2D eigenvalue weighted by atomic mass is 10.0. The molecule has 0 spiro atoms. The van der Waals surface area contributed by atoms with Gasteiger partial charge in [-0.2, -0.15) is 5.10 Å². The Hall–Kier alpha value is -3.43. The topological polar surface area (TPSA) is 146 Å². The molecule has 0 aromatic rings. The van der Waals surface area contributed by atoms with Crippen LogP contribution in [-0.4, -0.2) is 53.4 Å². The van der Waals surface area contributed by atoms with Gasteiger partial charge < -0.3 is 20.5 Å². The van der Waals surface area contributed by atoms with E-state index in [0.29, 0.717) is 19.4 Å². The number of hydrogen-bond donors (Lipinski definition) is 4. The van der Waals surface area contributed by atoms with E-state index in [4.69, 9.17) is 14.6 Å². The lowest BCUT2D eigenvalue weighted by Gasteiger charge is -2.23. The summed E-state index contributed by atoms with van der Waals surface area (Å²) in [6, 6.07) is -0.678. The number of hydrogen-bond acceptors (Lipinski definition) is 6. The number of nitrogens with one attached hydrogen (secondary N) is 3.